The van der Waals surface area contributed by atoms with Crippen molar-refractivity contribution in [1.82, 2.24) is 4.90 Å². The Morgan fingerprint density at radius 1 is 1.25 bits per heavy atom. The van der Waals surface area contributed by atoms with Crippen LogP contribution in [0.4, 0.5) is 0 Å². The SMILES string of the molecule is CCCCCN1C(=O)C2=C(CCC=C2)C1(O)CCCC. The summed E-state index contributed by atoms with van der Waals surface area (Å²) >= 11 is 0. The van der Waals surface area contributed by atoms with Crippen LogP contribution in [-0.2, 0) is 4.79 Å². The van der Waals surface area contributed by atoms with Crippen LogP contribution in [0.25, 0.3) is 0 Å². The Morgan fingerprint density at radius 3 is 2.70 bits per heavy atom. The summed E-state index contributed by atoms with van der Waals surface area (Å²) in [6, 6.07) is 0. The van der Waals surface area contributed by atoms with Crippen molar-refractivity contribution in [3.63, 3.8) is 0 Å². The third kappa shape index (κ3) is 2.69. The van der Waals surface area contributed by atoms with E-state index in [1.54, 1.807) is 4.90 Å². The van der Waals surface area contributed by atoms with Gasteiger partial charge in [0.05, 0.1) is 0 Å². The van der Waals surface area contributed by atoms with Crippen LogP contribution in [0, 0.1) is 0 Å². The van der Waals surface area contributed by atoms with E-state index in [0.29, 0.717) is 13.0 Å². The number of aliphatic hydroxyl groups is 1. The zero-order valence-corrected chi connectivity index (χ0v) is 12.8. The number of unbranched alkanes of at least 4 members (excludes halogenated alkanes) is 3. The van der Waals surface area contributed by atoms with E-state index in [0.717, 1.165) is 56.1 Å². The molecule has 0 spiro atoms. The summed E-state index contributed by atoms with van der Waals surface area (Å²) in [4.78, 5) is 14.3. The van der Waals surface area contributed by atoms with Gasteiger partial charge >= 0.3 is 0 Å². The van der Waals surface area contributed by atoms with Crippen molar-refractivity contribution in [3.8, 4) is 0 Å². The summed E-state index contributed by atoms with van der Waals surface area (Å²) in [5.74, 6) is 0.0330. The van der Waals surface area contributed by atoms with Crippen LogP contribution in [-0.4, -0.2) is 28.2 Å². The largest absolute Gasteiger partial charge is 0.367 e. The lowest BCUT2D eigenvalue weighted by Crippen LogP contribution is -2.48. The van der Waals surface area contributed by atoms with Crippen LogP contribution in [0.1, 0.15) is 65.2 Å². The Bertz CT molecular complexity index is 425. The molecule has 1 amide bonds. The molecule has 1 atom stereocenters. The maximum absolute atomic E-state index is 12.6. The van der Waals surface area contributed by atoms with Crippen molar-refractivity contribution < 1.29 is 9.90 Å². The Balaban J connectivity index is 2.21. The molecule has 0 aromatic carbocycles. The molecule has 0 saturated heterocycles. The molecule has 0 radical (unpaired) electrons. The van der Waals surface area contributed by atoms with E-state index >= 15 is 0 Å². The lowest BCUT2D eigenvalue weighted by Gasteiger charge is -2.36. The highest BCUT2D eigenvalue weighted by Gasteiger charge is 2.48. The monoisotopic (exact) mass is 277 g/mol. The van der Waals surface area contributed by atoms with E-state index < -0.39 is 5.72 Å². The molecular weight excluding hydrogens is 250 g/mol. The fourth-order valence-corrected chi connectivity index (χ4v) is 3.27. The summed E-state index contributed by atoms with van der Waals surface area (Å²) < 4.78 is 0. The number of carbonyl (C=O) groups is 1. The minimum absolute atomic E-state index is 0.0330. The third-order valence-corrected chi connectivity index (χ3v) is 4.44. The van der Waals surface area contributed by atoms with Gasteiger partial charge < -0.3 is 10.0 Å². The van der Waals surface area contributed by atoms with Gasteiger partial charge in [0.2, 0.25) is 0 Å². The van der Waals surface area contributed by atoms with E-state index in [1.165, 1.54) is 0 Å². The van der Waals surface area contributed by atoms with E-state index in [2.05, 4.69) is 13.8 Å². The van der Waals surface area contributed by atoms with Crippen molar-refractivity contribution in [3.05, 3.63) is 23.3 Å². The number of amides is 1. The molecule has 20 heavy (non-hydrogen) atoms. The van der Waals surface area contributed by atoms with Gasteiger partial charge in [-0.1, -0.05) is 45.3 Å². The Labute approximate surface area is 122 Å². The number of hydrogen-bond acceptors (Lipinski definition) is 2. The Morgan fingerprint density at radius 2 is 2.00 bits per heavy atom. The fraction of sp³-hybridized carbons (Fsp3) is 0.706. The molecule has 0 bridgehead atoms. The molecule has 1 unspecified atom stereocenters. The van der Waals surface area contributed by atoms with Gasteiger partial charge in [-0.2, -0.15) is 0 Å². The minimum Gasteiger partial charge on any atom is -0.367 e. The standard InChI is InChI=1S/C17H27NO2/c1-3-5-9-13-18-16(19)14-10-7-8-11-15(14)17(18,20)12-6-4-2/h7,10,20H,3-6,8-9,11-13H2,1-2H3. The molecule has 0 aromatic rings. The van der Waals surface area contributed by atoms with Crippen molar-refractivity contribution in [2.75, 3.05) is 6.54 Å². The average molecular weight is 277 g/mol. The predicted molar refractivity (Wildman–Crippen MR) is 81.1 cm³/mol. The van der Waals surface area contributed by atoms with Gasteiger partial charge in [-0.05, 0) is 37.7 Å². The Hall–Kier alpha value is -1.09. The summed E-state index contributed by atoms with van der Waals surface area (Å²) in [6.07, 6.45) is 11.6. The predicted octanol–water partition coefficient (Wildman–Crippen LogP) is 3.54. The smallest absolute Gasteiger partial charge is 0.256 e. The van der Waals surface area contributed by atoms with Gasteiger partial charge in [0.15, 0.2) is 5.72 Å². The van der Waals surface area contributed by atoms with Gasteiger partial charge in [0.25, 0.3) is 5.91 Å². The van der Waals surface area contributed by atoms with Crippen LogP contribution < -0.4 is 0 Å². The van der Waals surface area contributed by atoms with Gasteiger partial charge in [0, 0.05) is 12.1 Å². The summed E-state index contributed by atoms with van der Waals surface area (Å²) in [5, 5.41) is 11.2. The summed E-state index contributed by atoms with van der Waals surface area (Å²) in [5.41, 5.74) is 0.710. The Kier molecular flexibility index (Phi) is 5.03. The minimum atomic E-state index is -1.01. The lowest BCUT2D eigenvalue weighted by molar-refractivity contribution is -0.144. The van der Waals surface area contributed by atoms with Gasteiger partial charge in [-0.25, -0.2) is 0 Å². The first-order valence-electron chi connectivity index (χ1n) is 8.09. The van der Waals surface area contributed by atoms with E-state index in [4.69, 9.17) is 0 Å². The van der Waals surface area contributed by atoms with Gasteiger partial charge in [-0.15, -0.1) is 0 Å². The maximum Gasteiger partial charge on any atom is 0.256 e. The molecule has 112 valence electrons. The molecular formula is C17H27NO2. The first-order chi connectivity index (χ1) is 9.65. The van der Waals surface area contributed by atoms with Crippen LogP contribution in [0.2, 0.25) is 0 Å². The second-order valence-electron chi connectivity index (χ2n) is 5.92. The number of carbonyl (C=O) groups excluding carboxylic acids is 1. The topological polar surface area (TPSA) is 40.5 Å². The summed E-state index contributed by atoms with van der Waals surface area (Å²) in [6.45, 7) is 4.95. The normalized spacial score (nSPS) is 25.6. The molecule has 1 heterocycles. The fourth-order valence-electron chi connectivity index (χ4n) is 3.27. The van der Waals surface area contributed by atoms with Crippen LogP contribution in [0.3, 0.4) is 0 Å². The first-order valence-corrected chi connectivity index (χ1v) is 8.09. The molecule has 2 rings (SSSR count). The molecule has 0 aromatic heterocycles. The molecule has 1 aliphatic carbocycles. The van der Waals surface area contributed by atoms with Gasteiger partial charge in [-0.3, -0.25) is 4.79 Å². The molecule has 1 N–H and O–H groups in total. The number of allylic oxidation sites excluding steroid dienone is 1. The van der Waals surface area contributed by atoms with E-state index in [9.17, 15) is 9.90 Å². The number of hydrogen-bond donors (Lipinski definition) is 1. The molecule has 3 heteroatoms. The second-order valence-corrected chi connectivity index (χ2v) is 5.92. The highest BCUT2D eigenvalue weighted by molar-refractivity contribution is 6.01. The lowest BCUT2D eigenvalue weighted by atomic mass is 9.89. The van der Waals surface area contributed by atoms with Crippen molar-refractivity contribution in [1.29, 1.82) is 0 Å². The van der Waals surface area contributed by atoms with Crippen molar-refractivity contribution in [2.24, 2.45) is 0 Å². The van der Waals surface area contributed by atoms with E-state index in [1.807, 2.05) is 12.2 Å². The second kappa shape index (κ2) is 6.57. The number of nitrogens with zero attached hydrogens (tertiary/aromatic N) is 1. The van der Waals surface area contributed by atoms with E-state index in [-0.39, 0.29) is 5.91 Å². The molecule has 0 fully saturated rings. The zero-order valence-electron chi connectivity index (χ0n) is 12.8. The van der Waals surface area contributed by atoms with Crippen molar-refractivity contribution in [2.45, 2.75) is 70.9 Å². The van der Waals surface area contributed by atoms with Crippen LogP contribution >= 0.6 is 0 Å². The van der Waals surface area contributed by atoms with Crippen molar-refractivity contribution >= 4 is 5.91 Å². The third-order valence-electron chi connectivity index (χ3n) is 4.44. The molecule has 2 aliphatic rings. The highest BCUT2D eigenvalue weighted by atomic mass is 16.3. The highest BCUT2D eigenvalue weighted by Crippen LogP contribution is 2.42. The maximum atomic E-state index is 12.6. The molecule has 3 nitrogen and oxygen atoms in total. The zero-order chi connectivity index (χ0) is 14.6. The summed E-state index contributed by atoms with van der Waals surface area (Å²) in [7, 11) is 0. The number of rotatable bonds is 7. The average Bonchev–Trinajstić information content (AvgIpc) is 2.68. The first kappa shape index (κ1) is 15.3. The molecule has 0 saturated carbocycles. The molecule has 1 aliphatic heterocycles. The van der Waals surface area contributed by atoms with Crippen LogP contribution in [0.15, 0.2) is 23.3 Å². The van der Waals surface area contributed by atoms with Gasteiger partial charge in [0.1, 0.15) is 0 Å². The quantitative estimate of drug-likeness (QED) is 0.723. The van der Waals surface area contributed by atoms with Crippen LogP contribution in [0.5, 0.6) is 0 Å².